The lowest BCUT2D eigenvalue weighted by atomic mass is 10.0. The third-order valence-corrected chi connectivity index (χ3v) is 3.51. The lowest BCUT2D eigenvalue weighted by Crippen LogP contribution is -2.29. The number of anilines is 1. The van der Waals surface area contributed by atoms with Crippen LogP contribution in [0, 0.1) is 5.92 Å². The Morgan fingerprint density at radius 3 is 2.58 bits per heavy atom. The molecule has 0 unspecified atom stereocenters. The van der Waals surface area contributed by atoms with E-state index in [1.54, 1.807) is 18.3 Å². The highest BCUT2D eigenvalue weighted by Gasteiger charge is 2.14. The molecule has 1 aromatic rings. The van der Waals surface area contributed by atoms with E-state index in [2.05, 4.69) is 30.7 Å². The van der Waals surface area contributed by atoms with Crippen LogP contribution in [0.4, 0.5) is 5.82 Å². The van der Waals surface area contributed by atoms with Crippen molar-refractivity contribution in [3.05, 3.63) is 23.9 Å². The Labute approximate surface area is 115 Å². The molecule has 0 fully saturated rings. The van der Waals surface area contributed by atoms with Gasteiger partial charge in [-0.3, -0.25) is 0 Å². The lowest BCUT2D eigenvalue weighted by molar-refractivity contribution is 0.0600. The second-order valence-corrected chi connectivity index (χ2v) is 4.62. The molecular weight excluding hydrogens is 240 g/mol. The zero-order valence-corrected chi connectivity index (χ0v) is 12.3. The van der Waals surface area contributed by atoms with E-state index in [1.165, 1.54) is 7.11 Å². The van der Waals surface area contributed by atoms with E-state index in [9.17, 15) is 4.79 Å². The van der Waals surface area contributed by atoms with Crippen LogP contribution in [0.5, 0.6) is 0 Å². The number of hydrogen-bond acceptors (Lipinski definition) is 4. The fourth-order valence-electron chi connectivity index (χ4n) is 2.08. The molecule has 4 nitrogen and oxygen atoms in total. The highest BCUT2D eigenvalue weighted by Crippen LogP contribution is 2.17. The molecule has 0 radical (unpaired) electrons. The molecule has 0 bridgehead atoms. The summed E-state index contributed by atoms with van der Waals surface area (Å²) in [6.45, 7) is 8.38. The lowest BCUT2D eigenvalue weighted by Gasteiger charge is -2.26. The molecule has 0 N–H and O–H groups in total. The predicted octanol–water partition coefficient (Wildman–Crippen LogP) is 3.13. The first-order chi connectivity index (χ1) is 9.15. The third-order valence-electron chi connectivity index (χ3n) is 3.51. The summed E-state index contributed by atoms with van der Waals surface area (Å²) in [5, 5.41) is 0. The van der Waals surface area contributed by atoms with E-state index in [4.69, 9.17) is 4.74 Å². The van der Waals surface area contributed by atoms with Gasteiger partial charge in [-0.05, 0) is 25.0 Å². The molecule has 0 aliphatic rings. The minimum absolute atomic E-state index is 0.317. The van der Waals surface area contributed by atoms with Crippen LogP contribution in [0.1, 0.15) is 44.0 Å². The first kappa shape index (κ1) is 15.5. The summed E-state index contributed by atoms with van der Waals surface area (Å²) in [7, 11) is 1.39. The van der Waals surface area contributed by atoms with Crippen LogP contribution in [-0.4, -0.2) is 31.2 Å². The molecule has 19 heavy (non-hydrogen) atoms. The van der Waals surface area contributed by atoms with Crippen LogP contribution >= 0.6 is 0 Å². The van der Waals surface area contributed by atoms with Gasteiger partial charge >= 0.3 is 5.97 Å². The molecule has 0 aliphatic carbocycles. The van der Waals surface area contributed by atoms with Gasteiger partial charge in [0.25, 0.3) is 0 Å². The van der Waals surface area contributed by atoms with Crippen molar-refractivity contribution in [2.75, 3.05) is 25.1 Å². The van der Waals surface area contributed by atoms with Crippen molar-refractivity contribution >= 4 is 11.8 Å². The van der Waals surface area contributed by atoms with Gasteiger partial charge in [0.1, 0.15) is 5.82 Å². The summed E-state index contributed by atoms with van der Waals surface area (Å²) in [6, 6.07) is 3.48. The average Bonchev–Trinajstić information content (AvgIpc) is 2.48. The molecule has 1 rings (SSSR count). The number of ether oxygens (including phenoxy) is 1. The quantitative estimate of drug-likeness (QED) is 0.710. The first-order valence-electron chi connectivity index (χ1n) is 6.95. The highest BCUT2D eigenvalue weighted by molar-refractivity contribution is 5.90. The van der Waals surface area contributed by atoms with Gasteiger partial charge in [-0.2, -0.15) is 0 Å². The van der Waals surface area contributed by atoms with Crippen molar-refractivity contribution in [3.8, 4) is 0 Å². The van der Waals surface area contributed by atoms with Gasteiger partial charge in [-0.1, -0.05) is 26.7 Å². The topological polar surface area (TPSA) is 42.4 Å². The van der Waals surface area contributed by atoms with E-state index in [1.807, 2.05) is 0 Å². The second-order valence-electron chi connectivity index (χ2n) is 4.62. The van der Waals surface area contributed by atoms with Gasteiger partial charge in [0.15, 0.2) is 0 Å². The fourth-order valence-corrected chi connectivity index (χ4v) is 2.08. The average molecular weight is 264 g/mol. The summed E-state index contributed by atoms with van der Waals surface area (Å²) in [4.78, 5) is 18.1. The van der Waals surface area contributed by atoms with Gasteiger partial charge in [0, 0.05) is 19.3 Å². The SMILES string of the molecule is CCC(CC)CN(CC)c1cc(C(=O)OC)ccn1. The van der Waals surface area contributed by atoms with Gasteiger partial charge in [-0.25, -0.2) is 9.78 Å². The first-order valence-corrected chi connectivity index (χ1v) is 6.95. The fraction of sp³-hybridized carbons (Fsp3) is 0.600. The van der Waals surface area contributed by atoms with Crippen LogP contribution in [0.25, 0.3) is 0 Å². The van der Waals surface area contributed by atoms with Gasteiger partial charge in [-0.15, -0.1) is 0 Å². The third kappa shape index (κ3) is 4.23. The number of carbonyl (C=O) groups excluding carboxylic acids is 1. The molecule has 1 heterocycles. The number of pyridine rings is 1. The summed E-state index contributed by atoms with van der Waals surface area (Å²) in [6.07, 6.45) is 3.98. The summed E-state index contributed by atoms with van der Waals surface area (Å²) < 4.78 is 4.74. The zero-order valence-electron chi connectivity index (χ0n) is 12.3. The Balaban J connectivity index is 2.89. The van der Waals surface area contributed by atoms with Gasteiger partial charge in [0.2, 0.25) is 0 Å². The van der Waals surface area contributed by atoms with Crippen LogP contribution in [-0.2, 0) is 4.74 Å². The van der Waals surface area contributed by atoms with E-state index >= 15 is 0 Å². The number of methoxy groups -OCH3 is 1. The smallest absolute Gasteiger partial charge is 0.338 e. The Kier molecular flexibility index (Phi) is 6.33. The van der Waals surface area contributed by atoms with E-state index in [0.717, 1.165) is 31.7 Å². The molecule has 4 heteroatoms. The van der Waals surface area contributed by atoms with Crippen molar-refractivity contribution in [1.82, 2.24) is 4.98 Å². The van der Waals surface area contributed by atoms with Crippen LogP contribution in [0.3, 0.4) is 0 Å². The van der Waals surface area contributed by atoms with Crippen LogP contribution in [0.2, 0.25) is 0 Å². The van der Waals surface area contributed by atoms with Gasteiger partial charge < -0.3 is 9.64 Å². The number of nitrogens with zero attached hydrogens (tertiary/aromatic N) is 2. The van der Waals surface area contributed by atoms with E-state index in [-0.39, 0.29) is 5.97 Å². The molecule has 0 aliphatic heterocycles. The number of esters is 1. The van der Waals surface area contributed by atoms with E-state index < -0.39 is 0 Å². The number of carbonyl (C=O) groups is 1. The highest BCUT2D eigenvalue weighted by atomic mass is 16.5. The van der Waals surface area contributed by atoms with Crippen molar-refractivity contribution in [3.63, 3.8) is 0 Å². The Hall–Kier alpha value is -1.58. The maximum absolute atomic E-state index is 11.5. The van der Waals surface area contributed by atoms with Crippen molar-refractivity contribution in [2.24, 2.45) is 5.92 Å². The number of aromatic nitrogens is 1. The van der Waals surface area contributed by atoms with E-state index in [0.29, 0.717) is 11.5 Å². The van der Waals surface area contributed by atoms with Crippen molar-refractivity contribution in [2.45, 2.75) is 33.6 Å². The zero-order chi connectivity index (χ0) is 14.3. The summed E-state index contributed by atoms with van der Waals surface area (Å²) in [5.41, 5.74) is 0.551. The Morgan fingerprint density at radius 2 is 2.05 bits per heavy atom. The molecule has 1 aromatic heterocycles. The molecule has 0 saturated carbocycles. The molecule has 106 valence electrons. The molecule has 0 spiro atoms. The molecule has 0 amide bonds. The maximum atomic E-state index is 11.5. The van der Waals surface area contributed by atoms with Gasteiger partial charge in [0.05, 0.1) is 12.7 Å². The monoisotopic (exact) mass is 264 g/mol. The standard InChI is InChI=1S/C15H24N2O2/c1-5-12(6-2)11-17(7-3)14-10-13(8-9-16-14)15(18)19-4/h8-10,12H,5-7,11H2,1-4H3. The summed E-state index contributed by atoms with van der Waals surface area (Å²) in [5.74, 6) is 1.18. The maximum Gasteiger partial charge on any atom is 0.338 e. The number of hydrogen-bond donors (Lipinski definition) is 0. The summed E-state index contributed by atoms with van der Waals surface area (Å²) >= 11 is 0. The minimum atomic E-state index is -0.317. The molecule has 0 saturated heterocycles. The molecular formula is C15H24N2O2. The normalized spacial score (nSPS) is 10.6. The molecule has 0 atom stereocenters. The van der Waals surface area contributed by atoms with Crippen molar-refractivity contribution in [1.29, 1.82) is 0 Å². The minimum Gasteiger partial charge on any atom is -0.465 e. The Bertz CT molecular complexity index is 403. The number of rotatable bonds is 7. The predicted molar refractivity (Wildman–Crippen MR) is 77.5 cm³/mol. The van der Waals surface area contributed by atoms with Crippen LogP contribution in [0.15, 0.2) is 18.3 Å². The van der Waals surface area contributed by atoms with Crippen LogP contribution < -0.4 is 4.90 Å². The molecule has 0 aromatic carbocycles. The Morgan fingerprint density at radius 1 is 1.37 bits per heavy atom. The largest absolute Gasteiger partial charge is 0.465 e. The van der Waals surface area contributed by atoms with Crippen molar-refractivity contribution < 1.29 is 9.53 Å². The second kappa shape index (κ2) is 7.77.